The first kappa shape index (κ1) is 12.3. The maximum atomic E-state index is 13.0. The third kappa shape index (κ3) is 1.87. The smallest absolute Gasteiger partial charge is 0.366 e. The van der Waals surface area contributed by atoms with Crippen LogP contribution in [0.3, 0.4) is 0 Å². The van der Waals surface area contributed by atoms with E-state index in [1.165, 1.54) is 19.9 Å². The second-order valence-electron chi connectivity index (χ2n) is 4.06. The fourth-order valence-corrected chi connectivity index (χ4v) is 2.18. The molecule has 2 atom stereocenters. The van der Waals surface area contributed by atoms with Gasteiger partial charge in [0.2, 0.25) is 0 Å². The van der Waals surface area contributed by atoms with Crippen LogP contribution in [0.25, 0.3) is 0 Å². The molecule has 1 aromatic heterocycles. The number of aromatic nitrogens is 1. The molecule has 0 aliphatic carbocycles. The number of Topliss-reactive ketones (excluding diaryl/α,β-unsaturated/α-hetero) is 1. The summed E-state index contributed by atoms with van der Waals surface area (Å²) in [6.45, 7) is 2.79. The van der Waals surface area contributed by atoms with Crippen molar-refractivity contribution in [2.75, 3.05) is 0 Å². The average Bonchev–Trinajstić information content (AvgIpc) is 2.81. The molecule has 1 aliphatic heterocycles. The summed E-state index contributed by atoms with van der Waals surface area (Å²) in [5.74, 6) is -1.62. The summed E-state index contributed by atoms with van der Waals surface area (Å²) in [7, 11) is 0. The van der Waals surface area contributed by atoms with Crippen molar-refractivity contribution in [3.8, 4) is 0 Å². The Balaban J connectivity index is 2.49. The van der Waals surface area contributed by atoms with Crippen molar-refractivity contribution in [1.82, 2.24) is 4.98 Å². The number of ketones is 1. The Morgan fingerprint density at radius 1 is 1.56 bits per heavy atom. The quantitative estimate of drug-likeness (QED) is 0.657. The van der Waals surface area contributed by atoms with Gasteiger partial charge in [-0.15, -0.1) is 0 Å². The number of allylic oxidation sites excluding steroid dienone is 1. The Morgan fingerprint density at radius 2 is 2.22 bits per heavy atom. The third-order valence-corrected chi connectivity index (χ3v) is 2.87. The lowest BCUT2D eigenvalue weighted by atomic mass is 9.92. The number of nitro groups is 1. The monoisotopic (exact) mass is 254 g/mol. The SMILES string of the molecule is CC(=O)C1=C(C)OC([N+](=O)[O-])C1c1ccc(F)[nH]1. The highest BCUT2D eigenvalue weighted by molar-refractivity contribution is 5.95. The molecule has 1 aliphatic rings. The van der Waals surface area contributed by atoms with E-state index < -0.39 is 23.0 Å². The molecule has 0 saturated heterocycles. The average molecular weight is 254 g/mol. The summed E-state index contributed by atoms with van der Waals surface area (Å²) in [5.41, 5.74) is 0.467. The molecule has 0 fully saturated rings. The van der Waals surface area contributed by atoms with Gasteiger partial charge in [0.05, 0.1) is 10.5 Å². The molecule has 0 bridgehead atoms. The fraction of sp³-hybridized carbons (Fsp3) is 0.364. The predicted octanol–water partition coefficient (Wildman–Crippen LogP) is 1.73. The van der Waals surface area contributed by atoms with Crippen LogP contribution in [0.5, 0.6) is 0 Å². The first-order chi connectivity index (χ1) is 8.41. The van der Waals surface area contributed by atoms with Crippen molar-refractivity contribution >= 4 is 5.78 Å². The third-order valence-electron chi connectivity index (χ3n) is 2.87. The normalized spacial score (nSPS) is 23.1. The lowest BCUT2D eigenvalue weighted by Crippen LogP contribution is -2.27. The van der Waals surface area contributed by atoms with Gasteiger partial charge in [0.15, 0.2) is 11.7 Å². The van der Waals surface area contributed by atoms with E-state index in [9.17, 15) is 19.3 Å². The maximum Gasteiger partial charge on any atom is 0.366 e. The molecule has 7 heteroatoms. The number of hydrogen-bond acceptors (Lipinski definition) is 4. The molecular formula is C11H11FN2O4. The molecule has 2 rings (SSSR count). The summed E-state index contributed by atoms with van der Waals surface area (Å²) < 4.78 is 18.1. The molecule has 18 heavy (non-hydrogen) atoms. The zero-order chi connectivity index (χ0) is 13.4. The Bertz CT molecular complexity index is 549. The predicted molar refractivity (Wildman–Crippen MR) is 58.7 cm³/mol. The van der Waals surface area contributed by atoms with Crippen molar-refractivity contribution in [2.24, 2.45) is 0 Å². The largest absolute Gasteiger partial charge is 0.434 e. The molecule has 0 radical (unpaired) electrons. The Labute approximate surface area is 102 Å². The zero-order valence-corrected chi connectivity index (χ0v) is 9.77. The van der Waals surface area contributed by atoms with Crippen LogP contribution in [0.15, 0.2) is 23.5 Å². The van der Waals surface area contributed by atoms with E-state index >= 15 is 0 Å². The van der Waals surface area contributed by atoms with Gasteiger partial charge < -0.3 is 9.72 Å². The lowest BCUT2D eigenvalue weighted by Gasteiger charge is -2.12. The molecule has 1 N–H and O–H groups in total. The van der Waals surface area contributed by atoms with Crippen LogP contribution in [-0.4, -0.2) is 21.9 Å². The first-order valence-electron chi connectivity index (χ1n) is 5.28. The Hall–Kier alpha value is -2.18. The number of nitrogens with zero attached hydrogens (tertiary/aromatic N) is 1. The van der Waals surface area contributed by atoms with Gasteiger partial charge in [0, 0.05) is 5.69 Å². The highest BCUT2D eigenvalue weighted by Crippen LogP contribution is 2.39. The Morgan fingerprint density at radius 3 is 2.67 bits per heavy atom. The van der Waals surface area contributed by atoms with E-state index in [1.807, 2.05) is 0 Å². The van der Waals surface area contributed by atoms with Crippen molar-refractivity contribution < 1.29 is 18.8 Å². The van der Waals surface area contributed by atoms with Gasteiger partial charge in [-0.05, 0) is 26.0 Å². The molecule has 0 spiro atoms. The van der Waals surface area contributed by atoms with Crippen LogP contribution in [0.1, 0.15) is 25.5 Å². The summed E-state index contributed by atoms with van der Waals surface area (Å²) in [5, 5.41) is 10.9. The number of carbonyl (C=O) groups excluding carboxylic acids is 1. The molecule has 0 aromatic carbocycles. The molecule has 2 unspecified atom stereocenters. The molecule has 1 aromatic rings. The van der Waals surface area contributed by atoms with Crippen molar-refractivity contribution in [1.29, 1.82) is 0 Å². The maximum absolute atomic E-state index is 13.0. The first-order valence-corrected chi connectivity index (χ1v) is 5.28. The van der Waals surface area contributed by atoms with Crippen LogP contribution in [0.4, 0.5) is 4.39 Å². The number of rotatable bonds is 3. The van der Waals surface area contributed by atoms with Gasteiger partial charge in [-0.2, -0.15) is 4.39 Å². The molecule has 6 nitrogen and oxygen atoms in total. The number of halogens is 1. The molecule has 0 amide bonds. The van der Waals surface area contributed by atoms with E-state index in [1.54, 1.807) is 0 Å². The number of hydrogen-bond donors (Lipinski definition) is 1. The van der Waals surface area contributed by atoms with Gasteiger partial charge in [0.1, 0.15) is 11.7 Å². The van der Waals surface area contributed by atoms with E-state index in [4.69, 9.17) is 4.74 Å². The van der Waals surface area contributed by atoms with E-state index in [-0.39, 0.29) is 22.8 Å². The van der Waals surface area contributed by atoms with Crippen LogP contribution in [0.2, 0.25) is 0 Å². The molecule has 2 heterocycles. The van der Waals surface area contributed by atoms with Crippen molar-refractivity contribution in [2.45, 2.75) is 26.0 Å². The highest BCUT2D eigenvalue weighted by atomic mass is 19.1. The van der Waals surface area contributed by atoms with Crippen molar-refractivity contribution in [3.05, 3.63) is 45.2 Å². The van der Waals surface area contributed by atoms with E-state index in [2.05, 4.69) is 4.98 Å². The molecule has 0 saturated carbocycles. The number of ether oxygens (including phenoxy) is 1. The van der Waals surface area contributed by atoms with Crippen LogP contribution in [0, 0.1) is 16.1 Å². The van der Waals surface area contributed by atoms with Gasteiger partial charge >= 0.3 is 6.23 Å². The number of aromatic amines is 1. The Kier molecular flexibility index (Phi) is 2.90. The number of H-pyrrole nitrogens is 1. The standard InChI is InChI=1S/C11H11FN2O4/c1-5(15)9-6(2)18-11(14(16)17)10(9)7-3-4-8(12)13-7/h3-4,10-11,13H,1-2H3. The topological polar surface area (TPSA) is 85.2 Å². The second-order valence-corrected chi connectivity index (χ2v) is 4.06. The van der Waals surface area contributed by atoms with E-state index in [0.717, 1.165) is 6.07 Å². The minimum atomic E-state index is -1.40. The molecule has 96 valence electrons. The van der Waals surface area contributed by atoms with Gasteiger partial charge in [0.25, 0.3) is 0 Å². The summed E-state index contributed by atoms with van der Waals surface area (Å²) >= 11 is 0. The van der Waals surface area contributed by atoms with E-state index in [0.29, 0.717) is 0 Å². The summed E-state index contributed by atoms with van der Waals surface area (Å²) in [6, 6.07) is 2.53. The minimum Gasteiger partial charge on any atom is -0.434 e. The lowest BCUT2D eigenvalue weighted by molar-refractivity contribution is -0.570. The second kappa shape index (κ2) is 4.25. The fourth-order valence-electron chi connectivity index (χ4n) is 2.18. The summed E-state index contributed by atoms with van der Waals surface area (Å²) in [6.07, 6.45) is -1.40. The number of nitrogens with one attached hydrogen (secondary N) is 1. The summed E-state index contributed by atoms with van der Waals surface area (Å²) in [4.78, 5) is 24.2. The van der Waals surface area contributed by atoms with Gasteiger partial charge in [-0.25, -0.2) is 0 Å². The van der Waals surface area contributed by atoms with Gasteiger partial charge in [-0.3, -0.25) is 14.9 Å². The van der Waals surface area contributed by atoms with Crippen molar-refractivity contribution in [3.63, 3.8) is 0 Å². The van der Waals surface area contributed by atoms with Crippen LogP contribution < -0.4 is 0 Å². The minimum absolute atomic E-state index is 0.207. The van der Waals surface area contributed by atoms with Crippen LogP contribution in [-0.2, 0) is 9.53 Å². The molecular weight excluding hydrogens is 243 g/mol. The highest BCUT2D eigenvalue weighted by Gasteiger charge is 2.46. The van der Waals surface area contributed by atoms with Crippen LogP contribution >= 0.6 is 0 Å². The zero-order valence-electron chi connectivity index (χ0n) is 9.77. The number of carbonyl (C=O) groups is 1. The van der Waals surface area contributed by atoms with Gasteiger partial charge in [-0.1, -0.05) is 0 Å².